The zero-order chi connectivity index (χ0) is 13.3. The van der Waals surface area contributed by atoms with Gasteiger partial charge in [0.2, 0.25) is 0 Å². The fourth-order valence-corrected chi connectivity index (χ4v) is 4.31. The Labute approximate surface area is 115 Å². The van der Waals surface area contributed by atoms with E-state index in [0.717, 1.165) is 44.4 Å². The minimum Gasteiger partial charge on any atom is -0.481 e. The van der Waals surface area contributed by atoms with Crippen LogP contribution in [-0.2, 0) is 9.53 Å². The van der Waals surface area contributed by atoms with Crippen molar-refractivity contribution in [1.29, 1.82) is 0 Å². The Morgan fingerprint density at radius 3 is 2.58 bits per heavy atom. The van der Waals surface area contributed by atoms with Crippen molar-refractivity contribution < 1.29 is 14.6 Å². The number of hydrogen-bond donors (Lipinski definition) is 1. The first-order valence-corrected chi connectivity index (χ1v) is 7.71. The summed E-state index contributed by atoms with van der Waals surface area (Å²) in [5.41, 5.74) is -0.649. The Hall–Kier alpha value is -0.610. The van der Waals surface area contributed by atoms with Crippen LogP contribution in [0.25, 0.3) is 0 Å². The van der Waals surface area contributed by atoms with Crippen LogP contribution in [0.3, 0.4) is 0 Å². The summed E-state index contributed by atoms with van der Waals surface area (Å²) >= 11 is 0. The first kappa shape index (κ1) is 13.4. The van der Waals surface area contributed by atoms with E-state index < -0.39 is 11.4 Å². The van der Waals surface area contributed by atoms with Crippen LogP contribution in [0.1, 0.15) is 38.5 Å². The van der Waals surface area contributed by atoms with Crippen LogP contribution < -0.4 is 0 Å². The Morgan fingerprint density at radius 1 is 1.26 bits per heavy atom. The SMILES string of the molecule is O=C(O)C1(CN2CC3CCCC(C3)C2)CCCOC1. The molecule has 0 amide bonds. The van der Waals surface area contributed by atoms with Gasteiger partial charge in [-0.05, 0) is 43.9 Å². The lowest BCUT2D eigenvalue weighted by Crippen LogP contribution is -2.52. The van der Waals surface area contributed by atoms with Gasteiger partial charge in [0.1, 0.15) is 5.41 Å². The molecule has 4 nitrogen and oxygen atoms in total. The molecule has 3 rings (SSSR count). The van der Waals surface area contributed by atoms with Crippen LogP contribution in [0.2, 0.25) is 0 Å². The van der Waals surface area contributed by atoms with Crippen LogP contribution in [-0.4, -0.2) is 48.8 Å². The summed E-state index contributed by atoms with van der Waals surface area (Å²) in [5.74, 6) is 0.952. The number of likely N-dealkylation sites (tertiary alicyclic amines) is 1. The van der Waals surface area contributed by atoms with Crippen LogP contribution in [0.15, 0.2) is 0 Å². The second-order valence-electron chi connectivity index (χ2n) is 6.83. The van der Waals surface area contributed by atoms with Gasteiger partial charge in [0, 0.05) is 26.2 Å². The Kier molecular flexibility index (Phi) is 3.81. The third kappa shape index (κ3) is 2.79. The van der Waals surface area contributed by atoms with Gasteiger partial charge in [-0.1, -0.05) is 6.42 Å². The van der Waals surface area contributed by atoms with Gasteiger partial charge in [-0.2, -0.15) is 0 Å². The number of piperidine rings is 1. The number of carboxylic acid groups (broad SMARTS) is 1. The average Bonchev–Trinajstić information content (AvgIpc) is 2.39. The lowest BCUT2D eigenvalue weighted by Gasteiger charge is -2.45. The first-order valence-electron chi connectivity index (χ1n) is 7.71. The van der Waals surface area contributed by atoms with Gasteiger partial charge < -0.3 is 14.7 Å². The third-order valence-corrected chi connectivity index (χ3v) is 5.23. The fraction of sp³-hybridized carbons (Fsp3) is 0.933. The van der Waals surface area contributed by atoms with E-state index in [1.807, 2.05) is 0 Å². The van der Waals surface area contributed by atoms with Gasteiger partial charge in [-0.15, -0.1) is 0 Å². The van der Waals surface area contributed by atoms with Crippen molar-refractivity contribution in [2.75, 3.05) is 32.8 Å². The van der Waals surface area contributed by atoms with Crippen LogP contribution in [0, 0.1) is 17.3 Å². The number of carbonyl (C=O) groups is 1. The van der Waals surface area contributed by atoms with E-state index in [1.165, 1.54) is 25.7 Å². The number of fused-ring (bicyclic) bond motifs is 2. The van der Waals surface area contributed by atoms with E-state index >= 15 is 0 Å². The number of hydrogen-bond acceptors (Lipinski definition) is 3. The van der Waals surface area contributed by atoms with Gasteiger partial charge >= 0.3 is 5.97 Å². The highest BCUT2D eigenvalue weighted by molar-refractivity contribution is 5.75. The zero-order valence-corrected chi connectivity index (χ0v) is 11.6. The smallest absolute Gasteiger partial charge is 0.313 e. The standard InChI is InChI=1S/C15H25NO3/c17-14(18)15(5-2-6-19-11-15)10-16-8-12-3-1-4-13(7-12)9-16/h12-13H,1-11H2,(H,17,18). The average molecular weight is 267 g/mol. The zero-order valence-electron chi connectivity index (χ0n) is 11.6. The van der Waals surface area contributed by atoms with Crippen molar-refractivity contribution in [3.8, 4) is 0 Å². The summed E-state index contributed by atoms with van der Waals surface area (Å²) in [6.07, 6.45) is 7.07. The van der Waals surface area contributed by atoms with E-state index in [9.17, 15) is 9.90 Å². The molecule has 108 valence electrons. The molecule has 3 fully saturated rings. The Morgan fingerprint density at radius 2 is 2.00 bits per heavy atom. The van der Waals surface area contributed by atoms with E-state index in [-0.39, 0.29) is 0 Å². The Balaban J connectivity index is 1.66. The summed E-state index contributed by atoms with van der Waals surface area (Å²) in [7, 11) is 0. The van der Waals surface area contributed by atoms with E-state index in [2.05, 4.69) is 4.90 Å². The lowest BCUT2D eigenvalue weighted by atomic mass is 9.76. The van der Waals surface area contributed by atoms with Crippen molar-refractivity contribution >= 4 is 5.97 Å². The van der Waals surface area contributed by atoms with Gasteiger partial charge in [-0.3, -0.25) is 4.79 Å². The first-order chi connectivity index (χ1) is 9.18. The highest BCUT2D eigenvalue weighted by Gasteiger charge is 2.43. The maximum atomic E-state index is 11.7. The molecule has 2 bridgehead atoms. The van der Waals surface area contributed by atoms with Crippen LogP contribution in [0.5, 0.6) is 0 Å². The molecule has 3 unspecified atom stereocenters. The van der Waals surface area contributed by atoms with Gasteiger partial charge in [0.15, 0.2) is 0 Å². The van der Waals surface area contributed by atoms with Crippen molar-refractivity contribution in [2.45, 2.75) is 38.5 Å². The normalized spacial score (nSPS) is 40.0. The Bertz CT molecular complexity index is 326. The van der Waals surface area contributed by atoms with Crippen LogP contribution in [0.4, 0.5) is 0 Å². The van der Waals surface area contributed by atoms with Crippen LogP contribution >= 0.6 is 0 Å². The topological polar surface area (TPSA) is 49.8 Å². The molecule has 1 saturated carbocycles. The molecule has 3 aliphatic rings. The maximum Gasteiger partial charge on any atom is 0.313 e. The summed E-state index contributed by atoms with van der Waals surface area (Å²) in [6, 6.07) is 0. The molecule has 2 aliphatic heterocycles. The second-order valence-corrected chi connectivity index (χ2v) is 6.83. The molecule has 1 aliphatic carbocycles. The highest BCUT2D eigenvalue weighted by atomic mass is 16.5. The molecule has 4 heteroatoms. The fourth-order valence-electron chi connectivity index (χ4n) is 4.31. The monoisotopic (exact) mass is 267 g/mol. The van der Waals surface area contributed by atoms with Crippen molar-refractivity contribution in [3.63, 3.8) is 0 Å². The quantitative estimate of drug-likeness (QED) is 0.849. The van der Waals surface area contributed by atoms with Crippen molar-refractivity contribution in [2.24, 2.45) is 17.3 Å². The number of ether oxygens (including phenoxy) is 1. The molecule has 0 aromatic heterocycles. The van der Waals surface area contributed by atoms with Crippen molar-refractivity contribution in [3.05, 3.63) is 0 Å². The number of nitrogens with zero attached hydrogens (tertiary/aromatic N) is 1. The maximum absolute atomic E-state index is 11.7. The van der Waals surface area contributed by atoms with Crippen molar-refractivity contribution in [1.82, 2.24) is 4.90 Å². The van der Waals surface area contributed by atoms with E-state index in [4.69, 9.17) is 4.74 Å². The highest BCUT2D eigenvalue weighted by Crippen LogP contribution is 2.37. The minimum atomic E-state index is -0.664. The predicted octanol–water partition coefficient (Wildman–Crippen LogP) is 1.99. The third-order valence-electron chi connectivity index (χ3n) is 5.23. The molecule has 2 saturated heterocycles. The van der Waals surface area contributed by atoms with Gasteiger partial charge in [0.05, 0.1) is 6.61 Å². The lowest BCUT2D eigenvalue weighted by molar-refractivity contribution is -0.160. The number of carboxylic acids is 1. The molecule has 0 radical (unpaired) electrons. The second kappa shape index (κ2) is 5.41. The summed E-state index contributed by atoms with van der Waals surface area (Å²) in [5, 5.41) is 9.62. The van der Waals surface area contributed by atoms with Gasteiger partial charge in [-0.25, -0.2) is 0 Å². The van der Waals surface area contributed by atoms with Gasteiger partial charge in [0.25, 0.3) is 0 Å². The predicted molar refractivity (Wildman–Crippen MR) is 72.0 cm³/mol. The molecule has 3 atom stereocenters. The van der Waals surface area contributed by atoms with E-state index in [0.29, 0.717) is 13.2 Å². The minimum absolute atomic E-state index is 0.397. The molecular formula is C15H25NO3. The summed E-state index contributed by atoms with van der Waals surface area (Å²) < 4.78 is 5.47. The molecule has 0 spiro atoms. The van der Waals surface area contributed by atoms with E-state index in [1.54, 1.807) is 0 Å². The molecule has 2 heterocycles. The molecule has 0 aromatic rings. The summed E-state index contributed by atoms with van der Waals surface area (Å²) in [4.78, 5) is 14.1. The molecule has 0 aromatic carbocycles. The molecule has 1 N–H and O–H groups in total. The molecule has 19 heavy (non-hydrogen) atoms. The molecular weight excluding hydrogens is 242 g/mol. The largest absolute Gasteiger partial charge is 0.481 e. The summed E-state index contributed by atoms with van der Waals surface area (Å²) in [6.45, 7) is 4.01. The number of aliphatic carboxylic acids is 1. The number of rotatable bonds is 3.